The van der Waals surface area contributed by atoms with Gasteiger partial charge in [-0.2, -0.15) is 0 Å². The Morgan fingerprint density at radius 2 is 2.16 bits per heavy atom. The Labute approximate surface area is 150 Å². The van der Waals surface area contributed by atoms with Crippen LogP contribution in [0.1, 0.15) is 46.3 Å². The number of amides is 1. The predicted molar refractivity (Wildman–Crippen MR) is 96.0 cm³/mol. The summed E-state index contributed by atoms with van der Waals surface area (Å²) in [6.45, 7) is 2.73. The highest BCUT2D eigenvalue weighted by molar-refractivity contribution is 7.17. The molecule has 2 heterocycles. The zero-order valence-corrected chi connectivity index (χ0v) is 15.0. The number of carbonyl (C=O) groups excluding carboxylic acids is 2. The summed E-state index contributed by atoms with van der Waals surface area (Å²) in [7, 11) is 0. The molecule has 0 spiro atoms. The minimum Gasteiger partial charge on any atom is -0.468 e. The molecule has 0 saturated carbocycles. The molecule has 2 aromatic heterocycles. The first kappa shape index (κ1) is 17.7. The van der Waals surface area contributed by atoms with E-state index in [-0.39, 0.29) is 18.4 Å². The van der Waals surface area contributed by atoms with E-state index in [1.807, 2.05) is 6.07 Å². The summed E-state index contributed by atoms with van der Waals surface area (Å²) in [6, 6.07) is 3.65. The van der Waals surface area contributed by atoms with Crippen LogP contribution in [-0.4, -0.2) is 25.0 Å². The Hall–Kier alpha value is -2.12. The van der Waals surface area contributed by atoms with E-state index < -0.39 is 0 Å². The van der Waals surface area contributed by atoms with Crippen molar-refractivity contribution in [1.29, 1.82) is 0 Å². The zero-order valence-electron chi connectivity index (χ0n) is 14.2. The number of anilines is 1. The number of carbonyl (C=O) groups is 2. The highest BCUT2D eigenvalue weighted by atomic mass is 32.1. The van der Waals surface area contributed by atoms with Crippen LogP contribution in [0.5, 0.6) is 0 Å². The van der Waals surface area contributed by atoms with Crippen LogP contribution in [0.15, 0.2) is 22.8 Å². The largest absolute Gasteiger partial charge is 0.468 e. The average Bonchev–Trinajstić information content (AvgIpc) is 3.22. The van der Waals surface area contributed by atoms with Crippen molar-refractivity contribution in [3.63, 3.8) is 0 Å². The maximum absolute atomic E-state index is 12.4. The first-order valence-electron chi connectivity index (χ1n) is 8.53. The quantitative estimate of drug-likeness (QED) is 0.740. The van der Waals surface area contributed by atoms with Gasteiger partial charge >= 0.3 is 5.97 Å². The second-order valence-corrected chi connectivity index (χ2v) is 6.97. The van der Waals surface area contributed by atoms with Gasteiger partial charge in [-0.3, -0.25) is 4.79 Å². The lowest BCUT2D eigenvalue weighted by Gasteiger charge is -2.12. The molecule has 3 rings (SSSR count). The second-order valence-electron chi connectivity index (χ2n) is 5.87. The van der Waals surface area contributed by atoms with E-state index in [1.54, 1.807) is 19.3 Å². The number of nitrogens with one attached hydrogen (secondary N) is 2. The van der Waals surface area contributed by atoms with E-state index in [1.165, 1.54) is 16.2 Å². The van der Waals surface area contributed by atoms with Crippen molar-refractivity contribution in [3.8, 4) is 0 Å². The van der Waals surface area contributed by atoms with Gasteiger partial charge in [-0.15, -0.1) is 11.3 Å². The summed E-state index contributed by atoms with van der Waals surface area (Å²) in [4.78, 5) is 25.8. The van der Waals surface area contributed by atoms with E-state index >= 15 is 0 Å². The van der Waals surface area contributed by atoms with Gasteiger partial charge in [0, 0.05) is 4.88 Å². The van der Waals surface area contributed by atoms with Gasteiger partial charge in [0.05, 0.1) is 31.5 Å². The third-order valence-corrected chi connectivity index (χ3v) is 5.28. The number of hydrogen-bond acceptors (Lipinski definition) is 6. The number of aryl methyl sites for hydroxylation is 1. The zero-order chi connectivity index (χ0) is 17.6. The molecule has 6 nitrogen and oxygen atoms in total. The van der Waals surface area contributed by atoms with Crippen LogP contribution in [-0.2, 0) is 28.9 Å². The van der Waals surface area contributed by atoms with Crippen LogP contribution in [0.3, 0.4) is 0 Å². The highest BCUT2D eigenvalue weighted by Crippen LogP contribution is 2.38. The Morgan fingerprint density at radius 3 is 2.92 bits per heavy atom. The summed E-state index contributed by atoms with van der Waals surface area (Å²) in [5.41, 5.74) is 1.59. The molecule has 2 N–H and O–H groups in total. The van der Waals surface area contributed by atoms with Crippen molar-refractivity contribution >= 4 is 28.2 Å². The number of esters is 1. The van der Waals surface area contributed by atoms with Crippen molar-refractivity contribution in [1.82, 2.24) is 5.32 Å². The first-order valence-corrected chi connectivity index (χ1v) is 9.35. The molecule has 0 atom stereocenters. The summed E-state index contributed by atoms with van der Waals surface area (Å²) in [6.07, 6.45) is 5.60. The Bertz CT molecular complexity index is 737. The van der Waals surface area contributed by atoms with Gasteiger partial charge in [0.15, 0.2) is 0 Å². The lowest BCUT2D eigenvalue weighted by molar-refractivity contribution is -0.115. The average molecular weight is 362 g/mol. The normalized spacial score (nSPS) is 13.3. The van der Waals surface area contributed by atoms with Crippen molar-refractivity contribution in [3.05, 3.63) is 40.2 Å². The van der Waals surface area contributed by atoms with Gasteiger partial charge in [-0.05, 0) is 50.3 Å². The van der Waals surface area contributed by atoms with Crippen molar-refractivity contribution in [2.45, 2.75) is 39.2 Å². The van der Waals surface area contributed by atoms with Crippen molar-refractivity contribution in [2.24, 2.45) is 0 Å². The molecule has 1 amide bonds. The molecule has 1 aliphatic rings. The smallest absolute Gasteiger partial charge is 0.341 e. The van der Waals surface area contributed by atoms with Crippen LogP contribution in [0, 0.1) is 0 Å². The molecule has 7 heteroatoms. The summed E-state index contributed by atoms with van der Waals surface area (Å²) >= 11 is 1.50. The van der Waals surface area contributed by atoms with Crippen LogP contribution in [0.2, 0.25) is 0 Å². The molecule has 0 fully saturated rings. The molecule has 2 aromatic rings. The van der Waals surface area contributed by atoms with Crippen molar-refractivity contribution < 1.29 is 18.7 Å². The SMILES string of the molecule is CCOC(=O)c1c(NC(=O)CNCc2ccco2)sc2c1CCCC2. The molecule has 0 bridgehead atoms. The standard InChI is InChI=1S/C18H22N2O4S/c1-2-23-18(22)16-13-7-3-4-8-14(13)25-17(16)20-15(21)11-19-10-12-6-5-9-24-12/h5-6,9,19H,2-4,7-8,10-11H2,1H3,(H,20,21). The summed E-state index contributed by atoms with van der Waals surface area (Å²) in [5, 5.41) is 6.51. The van der Waals surface area contributed by atoms with Crippen LogP contribution >= 0.6 is 11.3 Å². The number of hydrogen-bond donors (Lipinski definition) is 2. The molecule has 0 saturated heterocycles. The van der Waals surface area contributed by atoms with Gasteiger partial charge in [0.2, 0.25) is 5.91 Å². The maximum atomic E-state index is 12.4. The maximum Gasteiger partial charge on any atom is 0.341 e. The van der Waals surface area contributed by atoms with E-state index in [2.05, 4.69) is 10.6 Å². The van der Waals surface area contributed by atoms with Crippen LogP contribution in [0.25, 0.3) is 0 Å². The van der Waals surface area contributed by atoms with E-state index in [0.29, 0.717) is 23.7 Å². The fourth-order valence-corrected chi connectivity index (χ4v) is 4.25. The minimum atomic E-state index is -0.347. The molecule has 0 aliphatic heterocycles. The van der Waals surface area contributed by atoms with E-state index in [4.69, 9.17) is 9.15 Å². The Kier molecular flexibility index (Phi) is 5.88. The number of furan rings is 1. The number of fused-ring (bicyclic) bond motifs is 1. The Balaban J connectivity index is 1.67. The molecule has 1 aliphatic carbocycles. The fraction of sp³-hybridized carbons (Fsp3) is 0.444. The van der Waals surface area contributed by atoms with Crippen molar-refractivity contribution in [2.75, 3.05) is 18.5 Å². The topological polar surface area (TPSA) is 80.6 Å². The lowest BCUT2D eigenvalue weighted by atomic mass is 9.95. The highest BCUT2D eigenvalue weighted by Gasteiger charge is 2.27. The lowest BCUT2D eigenvalue weighted by Crippen LogP contribution is -2.28. The van der Waals surface area contributed by atoms with Gasteiger partial charge in [0.25, 0.3) is 0 Å². The molecule has 134 valence electrons. The molecular weight excluding hydrogens is 340 g/mol. The number of thiophene rings is 1. The Morgan fingerprint density at radius 1 is 1.32 bits per heavy atom. The van der Waals surface area contributed by atoms with E-state index in [0.717, 1.165) is 37.0 Å². The van der Waals surface area contributed by atoms with Gasteiger partial charge in [0.1, 0.15) is 10.8 Å². The predicted octanol–water partition coefficient (Wildman–Crippen LogP) is 3.12. The van der Waals surface area contributed by atoms with E-state index in [9.17, 15) is 9.59 Å². The molecule has 0 radical (unpaired) electrons. The van der Waals surface area contributed by atoms with Crippen LogP contribution < -0.4 is 10.6 Å². The number of rotatable bonds is 7. The summed E-state index contributed by atoms with van der Waals surface area (Å²) in [5.74, 6) is 0.239. The monoisotopic (exact) mass is 362 g/mol. The van der Waals surface area contributed by atoms with Crippen LogP contribution in [0.4, 0.5) is 5.00 Å². The summed E-state index contributed by atoms with van der Waals surface area (Å²) < 4.78 is 10.4. The first-order chi connectivity index (χ1) is 12.2. The third-order valence-electron chi connectivity index (χ3n) is 4.07. The molecule has 25 heavy (non-hydrogen) atoms. The minimum absolute atomic E-state index is 0.144. The van der Waals surface area contributed by atoms with Gasteiger partial charge < -0.3 is 19.8 Å². The molecular formula is C18H22N2O4S. The fourth-order valence-electron chi connectivity index (χ4n) is 2.96. The molecule has 0 unspecified atom stereocenters. The number of ether oxygens (including phenoxy) is 1. The second kappa shape index (κ2) is 8.31. The third kappa shape index (κ3) is 4.29. The van der Waals surface area contributed by atoms with Gasteiger partial charge in [-0.25, -0.2) is 4.79 Å². The molecule has 0 aromatic carbocycles. The van der Waals surface area contributed by atoms with Gasteiger partial charge in [-0.1, -0.05) is 0 Å².